The number of rotatable bonds is 11. The number of aryl methyl sites for hydroxylation is 2. The Morgan fingerprint density at radius 1 is 1.08 bits per heavy atom. The largest absolute Gasteiger partial charge is 0.478 e. The zero-order valence-corrected chi connectivity index (χ0v) is 21.6. The average molecular weight is 494 g/mol. The van der Waals surface area contributed by atoms with Gasteiger partial charge in [0.25, 0.3) is 0 Å². The van der Waals surface area contributed by atoms with Gasteiger partial charge in [0.15, 0.2) is 0 Å². The van der Waals surface area contributed by atoms with Crippen LogP contribution in [0.2, 0.25) is 0 Å². The number of hydrogen-bond acceptors (Lipinski definition) is 4. The second-order valence-electron chi connectivity index (χ2n) is 10.1. The minimum atomic E-state index is -0.965. The predicted molar refractivity (Wildman–Crippen MR) is 141 cm³/mol. The van der Waals surface area contributed by atoms with Crippen molar-refractivity contribution >= 4 is 5.97 Å². The summed E-state index contributed by atoms with van der Waals surface area (Å²) >= 11 is 0. The van der Waals surface area contributed by atoms with Crippen molar-refractivity contribution in [3.63, 3.8) is 0 Å². The fourth-order valence-electron chi connectivity index (χ4n) is 4.29. The molecule has 2 unspecified atom stereocenters. The molecular weight excluding hydrogens is 457 g/mol. The van der Waals surface area contributed by atoms with Gasteiger partial charge in [-0.15, -0.1) is 0 Å². The normalized spacial score (nSPS) is 13.4. The van der Waals surface area contributed by atoms with Crippen LogP contribution in [0.5, 0.6) is 0 Å². The molecule has 3 aromatic rings. The summed E-state index contributed by atoms with van der Waals surface area (Å²) in [5.41, 5.74) is 4.92. The lowest BCUT2D eigenvalue weighted by Crippen LogP contribution is -2.46. The van der Waals surface area contributed by atoms with Crippen molar-refractivity contribution in [2.75, 3.05) is 13.2 Å². The molecule has 3 rings (SSSR count). The Hall–Kier alpha value is -3.06. The van der Waals surface area contributed by atoms with E-state index in [4.69, 9.17) is 4.74 Å². The van der Waals surface area contributed by atoms with E-state index in [1.807, 2.05) is 64.1 Å². The van der Waals surface area contributed by atoms with Crippen molar-refractivity contribution < 1.29 is 24.1 Å². The summed E-state index contributed by atoms with van der Waals surface area (Å²) < 4.78 is 19.9. The molecule has 2 atom stereocenters. The zero-order chi connectivity index (χ0) is 26.5. The number of carboxylic acids is 1. The molecule has 0 aliphatic rings. The quantitative estimate of drug-likeness (QED) is 0.312. The minimum Gasteiger partial charge on any atom is -0.478 e. The first-order valence-corrected chi connectivity index (χ1v) is 12.2. The maximum Gasteiger partial charge on any atom is 0.335 e. The molecule has 0 bridgehead atoms. The lowest BCUT2D eigenvalue weighted by atomic mass is 9.94. The summed E-state index contributed by atoms with van der Waals surface area (Å²) in [5, 5.41) is 23.4. The number of carbonyl (C=O) groups is 1. The van der Waals surface area contributed by atoms with E-state index in [9.17, 15) is 19.4 Å². The third-order valence-electron chi connectivity index (χ3n) is 6.27. The first-order chi connectivity index (χ1) is 16.9. The van der Waals surface area contributed by atoms with Gasteiger partial charge in [0.1, 0.15) is 5.82 Å². The number of halogens is 1. The lowest BCUT2D eigenvalue weighted by molar-refractivity contribution is -0.00397. The van der Waals surface area contributed by atoms with E-state index in [2.05, 4.69) is 5.32 Å². The first kappa shape index (κ1) is 27.5. The van der Waals surface area contributed by atoms with E-state index in [1.165, 1.54) is 0 Å². The van der Waals surface area contributed by atoms with Gasteiger partial charge < -0.3 is 20.3 Å². The van der Waals surface area contributed by atoms with Gasteiger partial charge in [0, 0.05) is 12.1 Å². The van der Waals surface area contributed by atoms with Crippen LogP contribution in [0.25, 0.3) is 11.1 Å². The van der Waals surface area contributed by atoms with E-state index in [1.54, 1.807) is 31.2 Å². The van der Waals surface area contributed by atoms with Gasteiger partial charge in [-0.05, 0) is 92.6 Å². The summed E-state index contributed by atoms with van der Waals surface area (Å²) in [5.74, 6) is -1.18. The SMILES string of the molecule is Cc1cc(C(=O)O)cc(-c2ccccc2C(C)OCC(O)CNC(C)(C)Cc2ccc(C)c(F)c2)c1. The highest BCUT2D eigenvalue weighted by Crippen LogP contribution is 2.31. The van der Waals surface area contributed by atoms with Crippen LogP contribution < -0.4 is 5.32 Å². The van der Waals surface area contributed by atoms with Crippen molar-refractivity contribution in [2.45, 2.75) is 58.8 Å². The fourth-order valence-corrected chi connectivity index (χ4v) is 4.29. The molecule has 0 aromatic heterocycles. The van der Waals surface area contributed by atoms with Crippen LogP contribution >= 0.6 is 0 Å². The zero-order valence-electron chi connectivity index (χ0n) is 21.6. The number of aromatic carboxylic acids is 1. The summed E-state index contributed by atoms with van der Waals surface area (Å²) in [4.78, 5) is 11.5. The van der Waals surface area contributed by atoms with Gasteiger partial charge in [-0.2, -0.15) is 0 Å². The molecule has 192 valence electrons. The van der Waals surface area contributed by atoms with Crippen molar-refractivity contribution in [2.24, 2.45) is 0 Å². The van der Waals surface area contributed by atoms with Gasteiger partial charge in [-0.1, -0.05) is 42.5 Å². The minimum absolute atomic E-state index is 0.131. The summed E-state index contributed by atoms with van der Waals surface area (Å²) in [6.45, 7) is 10.0. The van der Waals surface area contributed by atoms with Gasteiger partial charge in [0.2, 0.25) is 0 Å². The number of aliphatic hydroxyl groups is 1. The molecule has 0 saturated heterocycles. The van der Waals surface area contributed by atoms with Gasteiger partial charge in [-0.3, -0.25) is 0 Å². The van der Waals surface area contributed by atoms with Crippen LogP contribution in [0.3, 0.4) is 0 Å². The number of aliphatic hydroxyl groups excluding tert-OH is 1. The Balaban J connectivity index is 1.60. The topological polar surface area (TPSA) is 78.8 Å². The maximum atomic E-state index is 13.9. The number of nitrogens with one attached hydrogen (secondary N) is 1. The standard InChI is InChI=1S/C30H36FNO4/c1-19-12-23(15-24(13-19)29(34)35)27-9-7-6-8-26(27)21(3)36-18-25(33)17-32-30(4,5)16-22-11-10-20(2)28(31)14-22/h6-15,21,25,32-33H,16-18H2,1-5H3,(H,34,35). The summed E-state index contributed by atoms with van der Waals surface area (Å²) in [6.07, 6.45) is -0.421. The highest BCUT2D eigenvalue weighted by molar-refractivity contribution is 5.90. The third kappa shape index (κ3) is 7.47. The molecule has 0 saturated carbocycles. The van der Waals surface area contributed by atoms with Crippen molar-refractivity contribution in [1.82, 2.24) is 5.32 Å². The Morgan fingerprint density at radius 3 is 2.50 bits per heavy atom. The molecule has 3 N–H and O–H groups in total. The molecule has 36 heavy (non-hydrogen) atoms. The summed E-state index contributed by atoms with van der Waals surface area (Å²) in [7, 11) is 0. The number of benzene rings is 3. The molecule has 6 heteroatoms. The first-order valence-electron chi connectivity index (χ1n) is 12.2. The Morgan fingerprint density at radius 2 is 1.81 bits per heavy atom. The van der Waals surface area contributed by atoms with Crippen molar-refractivity contribution in [3.05, 3.63) is 94.3 Å². The maximum absolute atomic E-state index is 13.9. The van der Waals surface area contributed by atoms with E-state index in [0.29, 0.717) is 18.5 Å². The number of ether oxygens (including phenoxy) is 1. The highest BCUT2D eigenvalue weighted by Gasteiger charge is 2.21. The Labute approximate surface area is 213 Å². The number of β-amino-alcohol motifs (C(OH)–C–C–N with tert-alkyl or cyclic N) is 1. The lowest BCUT2D eigenvalue weighted by Gasteiger charge is -2.28. The van der Waals surface area contributed by atoms with E-state index in [-0.39, 0.29) is 29.6 Å². The van der Waals surface area contributed by atoms with Crippen molar-refractivity contribution in [1.29, 1.82) is 0 Å². The van der Waals surface area contributed by atoms with Gasteiger partial charge in [0.05, 0.1) is 24.4 Å². The Bertz CT molecular complexity index is 1210. The molecule has 3 aromatic carbocycles. The second kappa shape index (κ2) is 11.8. The van der Waals surface area contributed by atoms with Gasteiger partial charge in [-0.25, -0.2) is 9.18 Å². The van der Waals surface area contributed by atoms with Crippen molar-refractivity contribution in [3.8, 4) is 11.1 Å². The predicted octanol–water partition coefficient (Wildman–Crippen LogP) is 5.86. The summed E-state index contributed by atoms with van der Waals surface area (Å²) in [6, 6.07) is 18.3. The fraction of sp³-hybridized carbons (Fsp3) is 0.367. The highest BCUT2D eigenvalue weighted by atomic mass is 19.1. The monoisotopic (exact) mass is 493 g/mol. The molecule has 0 radical (unpaired) electrons. The molecule has 5 nitrogen and oxygen atoms in total. The molecule has 0 spiro atoms. The molecule has 0 aliphatic heterocycles. The van der Waals surface area contributed by atoms with Crippen LogP contribution in [0, 0.1) is 19.7 Å². The molecule has 0 fully saturated rings. The van der Waals surface area contributed by atoms with E-state index in [0.717, 1.165) is 27.8 Å². The smallest absolute Gasteiger partial charge is 0.335 e. The average Bonchev–Trinajstić information content (AvgIpc) is 2.83. The Kier molecular flexibility index (Phi) is 9.01. The third-order valence-corrected chi connectivity index (χ3v) is 6.27. The van der Waals surface area contributed by atoms with Crippen LogP contribution in [0.1, 0.15) is 59.5 Å². The van der Waals surface area contributed by atoms with Crippen LogP contribution in [0.15, 0.2) is 60.7 Å². The molecular formula is C30H36FNO4. The van der Waals surface area contributed by atoms with Gasteiger partial charge >= 0.3 is 5.97 Å². The van der Waals surface area contributed by atoms with Crippen LogP contribution in [-0.2, 0) is 11.2 Å². The number of hydrogen-bond donors (Lipinski definition) is 3. The molecule has 0 amide bonds. The second-order valence-corrected chi connectivity index (χ2v) is 10.1. The molecule has 0 heterocycles. The van der Waals surface area contributed by atoms with E-state index >= 15 is 0 Å². The molecule has 0 aliphatic carbocycles. The van der Waals surface area contributed by atoms with Crippen LogP contribution in [-0.4, -0.2) is 41.0 Å². The van der Waals surface area contributed by atoms with E-state index < -0.39 is 12.1 Å². The van der Waals surface area contributed by atoms with Crippen LogP contribution in [0.4, 0.5) is 4.39 Å². The number of carboxylic acid groups (broad SMARTS) is 1.